The van der Waals surface area contributed by atoms with E-state index < -0.39 is 0 Å². The first-order valence-corrected chi connectivity index (χ1v) is 11.5. The van der Waals surface area contributed by atoms with Crippen LogP contribution in [0.4, 0.5) is 0 Å². The monoisotopic (exact) mass is 358 g/mol. The summed E-state index contributed by atoms with van der Waals surface area (Å²) in [7, 11) is 0. The molecule has 2 rings (SSSR count). The molecule has 0 amide bonds. The molecule has 0 radical (unpaired) electrons. The first kappa shape index (κ1) is 21.5. The number of aryl methyl sites for hydroxylation is 1. The highest BCUT2D eigenvalue weighted by atomic mass is 16.5. The minimum Gasteiger partial charge on any atom is -0.373 e. The highest BCUT2D eigenvalue weighted by molar-refractivity contribution is 5.24. The first-order chi connectivity index (χ1) is 12.8. The Morgan fingerprint density at radius 2 is 1.42 bits per heavy atom. The molecule has 1 aliphatic rings. The van der Waals surface area contributed by atoms with E-state index >= 15 is 0 Å². The number of hydrogen-bond donors (Lipinski definition) is 0. The van der Waals surface area contributed by atoms with Gasteiger partial charge in [0.25, 0.3) is 0 Å². The SMILES string of the molecule is CCCCCCCCc1ccc(C2CCC(CCCCCC)CO2)cc1. The van der Waals surface area contributed by atoms with Crippen LogP contribution in [0.2, 0.25) is 0 Å². The second kappa shape index (κ2) is 13.4. The fourth-order valence-corrected chi connectivity index (χ4v) is 4.16. The fourth-order valence-electron chi connectivity index (χ4n) is 4.16. The maximum Gasteiger partial charge on any atom is 0.0825 e. The highest BCUT2D eigenvalue weighted by Gasteiger charge is 2.22. The van der Waals surface area contributed by atoms with Gasteiger partial charge in [-0.25, -0.2) is 0 Å². The molecule has 1 heterocycles. The summed E-state index contributed by atoms with van der Waals surface area (Å²) in [4.78, 5) is 0. The van der Waals surface area contributed by atoms with E-state index in [9.17, 15) is 0 Å². The van der Waals surface area contributed by atoms with Crippen LogP contribution in [0.5, 0.6) is 0 Å². The lowest BCUT2D eigenvalue weighted by Gasteiger charge is -2.29. The highest BCUT2D eigenvalue weighted by Crippen LogP contribution is 2.32. The van der Waals surface area contributed by atoms with E-state index in [1.165, 1.54) is 101 Å². The Morgan fingerprint density at radius 1 is 0.769 bits per heavy atom. The van der Waals surface area contributed by atoms with E-state index in [1.54, 1.807) is 0 Å². The topological polar surface area (TPSA) is 9.23 Å². The summed E-state index contributed by atoms with van der Waals surface area (Å²) in [6.07, 6.45) is 19.3. The molecule has 1 saturated heterocycles. The van der Waals surface area contributed by atoms with Gasteiger partial charge >= 0.3 is 0 Å². The van der Waals surface area contributed by atoms with Gasteiger partial charge < -0.3 is 4.74 Å². The predicted molar refractivity (Wildman–Crippen MR) is 114 cm³/mol. The first-order valence-electron chi connectivity index (χ1n) is 11.5. The smallest absolute Gasteiger partial charge is 0.0825 e. The summed E-state index contributed by atoms with van der Waals surface area (Å²) in [6.45, 7) is 5.54. The van der Waals surface area contributed by atoms with E-state index in [4.69, 9.17) is 4.74 Å². The third-order valence-electron chi connectivity index (χ3n) is 6.01. The van der Waals surface area contributed by atoms with Crippen LogP contribution in [-0.2, 0) is 11.2 Å². The molecule has 0 N–H and O–H groups in total. The van der Waals surface area contributed by atoms with Gasteiger partial charge in [0.2, 0.25) is 0 Å². The lowest BCUT2D eigenvalue weighted by molar-refractivity contribution is -0.0199. The maximum atomic E-state index is 6.21. The van der Waals surface area contributed by atoms with Crippen LogP contribution >= 0.6 is 0 Å². The summed E-state index contributed by atoms with van der Waals surface area (Å²) in [5, 5.41) is 0. The second-order valence-corrected chi connectivity index (χ2v) is 8.37. The van der Waals surface area contributed by atoms with Gasteiger partial charge in [0.05, 0.1) is 12.7 Å². The maximum absolute atomic E-state index is 6.21. The Hall–Kier alpha value is -0.820. The summed E-state index contributed by atoms with van der Waals surface area (Å²) >= 11 is 0. The van der Waals surface area contributed by atoms with Crippen molar-refractivity contribution in [1.82, 2.24) is 0 Å². The van der Waals surface area contributed by atoms with Gasteiger partial charge in [-0.2, -0.15) is 0 Å². The Morgan fingerprint density at radius 3 is 2.08 bits per heavy atom. The van der Waals surface area contributed by atoms with E-state index in [0.717, 1.165) is 12.5 Å². The van der Waals surface area contributed by atoms with Crippen molar-refractivity contribution in [2.75, 3.05) is 6.61 Å². The summed E-state index contributed by atoms with van der Waals surface area (Å²) in [5.41, 5.74) is 2.88. The van der Waals surface area contributed by atoms with Gasteiger partial charge in [0.15, 0.2) is 0 Å². The van der Waals surface area contributed by atoms with Crippen molar-refractivity contribution < 1.29 is 4.74 Å². The molecule has 0 aromatic heterocycles. The molecule has 2 unspecified atom stereocenters. The Kier molecular flexibility index (Phi) is 11.0. The number of hydrogen-bond acceptors (Lipinski definition) is 1. The molecule has 148 valence electrons. The van der Waals surface area contributed by atoms with Crippen molar-refractivity contribution in [3.8, 4) is 0 Å². The van der Waals surface area contributed by atoms with Crippen LogP contribution in [0, 0.1) is 5.92 Å². The third kappa shape index (κ3) is 8.25. The van der Waals surface area contributed by atoms with Gasteiger partial charge in [-0.1, -0.05) is 95.9 Å². The molecule has 1 heteroatoms. The van der Waals surface area contributed by atoms with Crippen molar-refractivity contribution in [3.63, 3.8) is 0 Å². The largest absolute Gasteiger partial charge is 0.373 e. The van der Waals surface area contributed by atoms with Crippen molar-refractivity contribution in [2.45, 2.75) is 110 Å². The molecule has 0 bridgehead atoms. The van der Waals surface area contributed by atoms with E-state index in [0.29, 0.717) is 6.10 Å². The van der Waals surface area contributed by atoms with Crippen LogP contribution < -0.4 is 0 Å². The average molecular weight is 359 g/mol. The Balaban J connectivity index is 1.62. The molecule has 2 atom stereocenters. The molecule has 0 saturated carbocycles. The molecule has 26 heavy (non-hydrogen) atoms. The van der Waals surface area contributed by atoms with Crippen molar-refractivity contribution >= 4 is 0 Å². The van der Waals surface area contributed by atoms with E-state index in [-0.39, 0.29) is 0 Å². The van der Waals surface area contributed by atoms with Crippen LogP contribution in [0.25, 0.3) is 0 Å². The van der Waals surface area contributed by atoms with Gasteiger partial charge in [-0.15, -0.1) is 0 Å². The lowest BCUT2D eigenvalue weighted by Crippen LogP contribution is -2.20. The average Bonchev–Trinajstić information content (AvgIpc) is 2.69. The third-order valence-corrected chi connectivity index (χ3v) is 6.01. The molecular formula is C25H42O. The molecule has 1 aromatic carbocycles. The van der Waals surface area contributed by atoms with Crippen molar-refractivity contribution in [2.24, 2.45) is 5.92 Å². The molecular weight excluding hydrogens is 316 g/mol. The standard InChI is InChI=1S/C25H42O/c1-3-5-7-9-10-12-13-22-15-18-24(19-16-22)25-20-17-23(21-26-25)14-11-8-6-4-2/h15-16,18-19,23,25H,3-14,17,20-21H2,1-2H3. The van der Waals surface area contributed by atoms with Crippen molar-refractivity contribution in [3.05, 3.63) is 35.4 Å². The quantitative estimate of drug-likeness (QED) is 0.324. The van der Waals surface area contributed by atoms with Crippen LogP contribution in [0.3, 0.4) is 0 Å². The fraction of sp³-hybridized carbons (Fsp3) is 0.760. The Labute approximate surface area is 162 Å². The second-order valence-electron chi connectivity index (χ2n) is 8.37. The normalized spacial score (nSPS) is 20.4. The van der Waals surface area contributed by atoms with Crippen LogP contribution in [0.15, 0.2) is 24.3 Å². The zero-order chi connectivity index (χ0) is 18.5. The van der Waals surface area contributed by atoms with Crippen molar-refractivity contribution in [1.29, 1.82) is 0 Å². The molecule has 1 fully saturated rings. The zero-order valence-corrected chi connectivity index (χ0v) is 17.5. The van der Waals surface area contributed by atoms with E-state index in [1.807, 2.05) is 0 Å². The molecule has 0 aliphatic carbocycles. The number of benzene rings is 1. The Bertz CT molecular complexity index is 442. The molecule has 1 aromatic rings. The van der Waals surface area contributed by atoms with Gasteiger partial charge in [-0.3, -0.25) is 0 Å². The number of unbranched alkanes of at least 4 members (excludes halogenated alkanes) is 8. The summed E-state index contributed by atoms with van der Waals surface area (Å²) < 4.78 is 6.21. The van der Waals surface area contributed by atoms with E-state index in [2.05, 4.69) is 38.1 Å². The molecule has 1 nitrogen and oxygen atoms in total. The lowest BCUT2D eigenvalue weighted by atomic mass is 9.90. The van der Waals surface area contributed by atoms with Gasteiger partial charge in [-0.05, 0) is 49.1 Å². The van der Waals surface area contributed by atoms with Crippen LogP contribution in [0.1, 0.15) is 115 Å². The minimum absolute atomic E-state index is 0.338. The number of ether oxygens (including phenoxy) is 1. The summed E-state index contributed by atoms with van der Waals surface area (Å²) in [5.74, 6) is 0.801. The van der Waals surface area contributed by atoms with Crippen LogP contribution in [-0.4, -0.2) is 6.61 Å². The minimum atomic E-state index is 0.338. The molecule has 0 spiro atoms. The number of rotatable bonds is 13. The predicted octanol–water partition coefficient (Wildman–Crippen LogP) is 8.03. The van der Waals surface area contributed by atoms with Gasteiger partial charge in [0, 0.05) is 0 Å². The zero-order valence-electron chi connectivity index (χ0n) is 17.5. The van der Waals surface area contributed by atoms with Gasteiger partial charge in [0.1, 0.15) is 0 Å². The summed E-state index contributed by atoms with van der Waals surface area (Å²) in [6, 6.07) is 9.31. The molecule has 1 aliphatic heterocycles.